The number of hydrogen-bond acceptors (Lipinski definition) is 3. The van der Waals surface area contributed by atoms with Crippen molar-refractivity contribution in [3.8, 4) is 0 Å². The quantitative estimate of drug-likeness (QED) is 0.746. The van der Waals surface area contributed by atoms with Crippen molar-refractivity contribution >= 4 is 5.91 Å². The molecule has 1 rings (SSSR count). The summed E-state index contributed by atoms with van der Waals surface area (Å²) in [7, 11) is 0. The first-order valence-electron chi connectivity index (χ1n) is 5.72. The van der Waals surface area contributed by atoms with E-state index in [-0.39, 0.29) is 12.0 Å². The lowest BCUT2D eigenvalue weighted by atomic mass is 10.2. The molecule has 88 valence electrons. The molecule has 1 N–H and O–H groups in total. The lowest BCUT2D eigenvalue weighted by Gasteiger charge is -2.32. The maximum absolute atomic E-state index is 11.7. The van der Waals surface area contributed by atoms with E-state index < -0.39 is 0 Å². The molecule has 1 aliphatic rings. The molecule has 1 fully saturated rings. The smallest absolute Gasteiger partial charge is 0.224 e. The number of piperazine rings is 1. The Labute approximate surface area is 92.0 Å². The van der Waals surface area contributed by atoms with Crippen molar-refractivity contribution in [3.05, 3.63) is 0 Å². The van der Waals surface area contributed by atoms with Crippen LogP contribution in [0.4, 0.5) is 0 Å². The van der Waals surface area contributed by atoms with Gasteiger partial charge in [-0.15, -0.1) is 0 Å². The maximum atomic E-state index is 11.7. The topological polar surface area (TPSA) is 41.6 Å². The molecule has 1 saturated heterocycles. The molecule has 0 aromatic heterocycles. The Balaban J connectivity index is 2.21. The van der Waals surface area contributed by atoms with E-state index in [0.29, 0.717) is 19.1 Å². The monoisotopic (exact) mass is 214 g/mol. The fourth-order valence-electron chi connectivity index (χ4n) is 1.70. The summed E-state index contributed by atoms with van der Waals surface area (Å²) in [5, 5.41) is 3.32. The SMILES string of the molecule is CC(C)OCCC(=O)N1CCN[C@@H](C)C1. The summed E-state index contributed by atoms with van der Waals surface area (Å²) >= 11 is 0. The van der Waals surface area contributed by atoms with Crippen LogP contribution in [-0.2, 0) is 9.53 Å². The van der Waals surface area contributed by atoms with Crippen molar-refractivity contribution in [2.24, 2.45) is 0 Å². The van der Waals surface area contributed by atoms with Crippen LogP contribution in [0.2, 0.25) is 0 Å². The highest BCUT2D eigenvalue weighted by Gasteiger charge is 2.19. The molecule has 1 atom stereocenters. The Hall–Kier alpha value is -0.610. The van der Waals surface area contributed by atoms with Crippen LogP contribution in [0.3, 0.4) is 0 Å². The van der Waals surface area contributed by atoms with Crippen LogP contribution in [0, 0.1) is 0 Å². The average molecular weight is 214 g/mol. The Morgan fingerprint density at radius 3 is 2.93 bits per heavy atom. The Kier molecular flexibility index (Phi) is 5.05. The van der Waals surface area contributed by atoms with Gasteiger partial charge in [0, 0.05) is 25.7 Å². The molecule has 0 radical (unpaired) electrons. The van der Waals surface area contributed by atoms with Crippen molar-refractivity contribution in [2.75, 3.05) is 26.2 Å². The van der Waals surface area contributed by atoms with E-state index in [2.05, 4.69) is 12.2 Å². The summed E-state index contributed by atoms with van der Waals surface area (Å²) in [6, 6.07) is 0.411. The zero-order chi connectivity index (χ0) is 11.3. The van der Waals surface area contributed by atoms with Gasteiger partial charge in [0.25, 0.3) is 0 Å². The molecular formula is C11H22N2O2. The minimum Gasteiger partial charge on any atom is -0.378 e. The first-order chi connectivity index (χ1) is 7.09. The van der Waals surface area contributed by atoms with E-state index in [9.17, 15) is 4.79 Å². The van der Waals surface area contributed by atoms with Gasteiger partial charge in [-0.3, -0.25) is 4.79 Å². The zero-order valence-electron chi connectivity index (χ0n) is 9.95. The molecule has 0 saturated carbocycles. The normalized spacial score (nSPS) is 22.1. The fourth-order valence-corrected chi connectivity index (χ4v) is 1.70. The number of hydrogen-bond donors (Lipinski definition) is 1. The van der Waals surface area contributed by atoms with E-state index in [1.807, 2.05) is 18.7 Å². The van der Waals surface area contributed by atoms with Crippen LogP contribution < -0.4 is 5.32 Å². The van der Waals surface area contributed by atoms with Gasteiger partial charge in [-0.1, -0.05) is 0 Å². The molecule has 4 heteroatoms. The highest BCUT2D eigenvalue weighted by atomic mass is 16.5. The van der Waals surface area contributed by atoms with Crippen molar-refractivity contribution in [1.29, 1.82) is 0 Å². The predicted octanol–water partition coefficient (Wildman–Crippen LogP) is 0.622. The van der Waals surface area contributed by atoms with Gasteiger partial charge in [-0.05, 0) is 20.8 Å². The van der Waals surface area contributed by atoms with Gasteiger partial charge in [0.05, 0.1) is 19.1 Å². The minimum absolute atomic E-state index is 0.208. The minimum atomic E-state index is 0.208. The lowest BCUT2D eigenvalue weighted by Crippen LogP contribution is -2.51. The Bertz CT molecular complexity index is 207. The molecule has 0 aromatic carbocycles. The van der Waals surface area contributed by atoms with Crippen LogP contribution in [-0.4, -0.2) is 49.2 Å². The average Bonchev–Trinajstić information content (AvgIpc) is 2.17. The van der Waals surface area contributed by atoms with Gasteiger partial charge >= 0.3 is 0 Å². The Morgan fingerprint density at radius 1 is 1.60 bits per heavy atom. The molecule has 1 heterocycles. The highest BCUT2D eigenvalue weighted by molar-refractivity contribution is 5.76. The van der Waals surface area contributed by atoms with Crippen molar-refractivity contribution in [2.45, 2.75) is 39.3 Å². The number of rotatable bonds is 4. The largest absolute Gasteiger partial charge is 0.378 e. The van der Waals surface area contributed by atoms with Crippen molar-refractivity contribution < 1.29 is 9.53 Å². The number of amides is 1. The number of carbonyl (C=O) groups is 1. The van der Waals surface area contributed by atoms with Crippen LogP contribution >= 0.6 is 0 Å². The number of carbonyl (C=O) groups excluding carboxylic acids is 1. The highest BCUT2D eigenvalue weighted by Crippen LogP contribution is 2.02. The van der Waals surface area contributed by atoms with Crippen LogP contribution in [0.5, 0.6) is 0 Å². The molecule has 0 unspecified atom stereocenters. The third kappa shape index (κ3) is 4.62. The van der Waals surface area contributed by atoms with Gasteiger partial charge in [0.2, 0.25) is 5.91 Å². The van der Waals surface area contributed by atoms with E-state index in [1.54, 1.807) is 0 Å². The van der Waals surface area contributed by atoms with Gasteiger partial charge in [0.1, 0.15) is 0 Å². The molecule has 0 spiro atoms. The van der Waals surface area contributed by atoms with Crippen LogP contribution in [0.15, 0.2) is 0 Å². The second-order valence-electron chi connectivity index (χ2n) is 4.36. The summed E-state index contributed by atoms with van der Waals surface area (Å²) in [6.45, 7) is 9.15. The zero-order valence-corrected chi connectivity index (χ0v) is 9.95. The van der Waals surface area contributed by atoms with Gasteiger partial charge < -0.3 is 15.0 Å². The Morgan fingerprint density at radius 2 is 2.33 bits per heavy atom. The summed E-state index contributed by atoms with van der Waals surface area (Å²) < 4.78 is 5.37. The summed E-state index contributed by atoms with van der Waals surface area (Å²) in [6.07, 6.45) is 0.713. The standard InChI is InChI=1S/C11H22N2O2/c1-9(2)15-7-4-11(14)13-6-5-12-10(3)8-13/h9-10,12H,4-8H2,1-3H3/t10-/m0/s1. The molecule has 15 heavy (non-hydrogen) atoms. The van der Waals surface area contributed by atoms with Gasteiger partial charge in [-0.25, -0.2) is 0 Å². The first-order valence-corrected chi connectivity index (χ1v) is 5.72. The van der Waals surface area contributed by atoms with E-state index >= 15 is 0 Å². The van der Waals surface area contributed by atoms with E-state index in [1.165, 1.54) is 0 Å². The number of nitrogens with one attached hydrogen (secondary N) is 1. The summed E-state index contributed by atoms with van der Waals surface area (Å²) in [4.78, 5) is 13.7. The van der Waals surface area contributed by atoms with Gasteiger partial charge in [0.15, 0.2) is 0 Å². The van der Waals surface area contributed by atoms with Crippen molar-refractivity contribution in [1.82, 2.24) is 10.2 Å². The second-order valence-corrected chi connectivity index (χ2v) is 4.36. The molecule has 1 aliphatic heterocycles. The lowest BCUT2D eigenvalue weighted by molar-refractivity contribution is -0.133. The van der Waals surface area contributed by atoms with Crippen LogP contribution in [0.25, 0.3) is 0 Å². The third-order valence-electron chi connectivity index (χ3n) is 2.49. The van der Waals surface area contributed by atoms with Gasteiger partial charge in [-0.2, -0.15) is 0 Å². The molecule has 0 aliphatic carbocycles. The molecular weight excluding hydrogens is 192 g/mol. The summed E-state index contributed by atoms with van der Waals surface area (Å²) in [5.41, 5.74) is 0. The molecule has 4 nitrogen and oxygen atoms in total. The van der Waals surface area contributed by atoms with E-state index in [4.69, 9.17) is 4.74 Å². The third-order valence-corrected chi connectivity index (χ3v) is 2.49. The van der Waals surface area contributed by atoms with Crippen LogP contribution in [0.1, 0.15) is 27.2 Å². The first kappa shape index (κ1) is 12.5. The molecule has 0 aromatic rings. The molecule has 1 amide bonds. The second kappa shape index (κ2) is 6.08. The van der Waals surface area contributed by atoms with Crippen molar-refractivity contribution in [3.63, 3.8) is 0 Å². The molecule has 0 bridgehead atoms. The summed E-state index contributed by atoms with van der Waals surface area (Å²) in [5.74, 6) is 0.212. The fraction of sp³-hybridized carbons (Fsp3) is 0.909. The number of ether oxygens (including phenoxy) is 1. The maximum Gasteiger partial charge on any atom is 0.224 e. The predicted molar refractivity (Wildman–Crippen MR) is 59.7 cm³/mol. The number of nitrogens with zero attached hydrogens (tertiary/aromatic N) is 1. The van der Waals surface area contributed by atoms with E-state index in [0.717, 1.165) is 19.6 Å².